The van der Waals surface area contributed by atoms with Crippen LogP contribution in [-0.4, -0.2) is 56.9 Å². The van der Waals surface area contributed by atoms with Gasteiger partial charge in [-0.15, -0.1) is 10.2 Å². The van der Waals surface area contributed by atoms with Crippen LogP contribution in [0.5, 0.6) is 23.0 Å². The SMILES string of the molecule is COc1ccc2c(c1)c1cc(OC)ccc1n2-c1c(-c2nnc(-c3cccc(-n4cccc4)c3-n3c4ccc(OC)cc4c4ccc(OC)cc43)o2)cccc1-n1cccc1. The first-order chi connectivity index (χ1) is 30.1. The molecule has 0 saturated heterocycles. The second kappa shape index (κ2) is 14.3. The molecule has 0 amide bonds. The van der Waals surface area contributed by atoms with Crippen molar-refractivity contribution in [1.82, 2.24) is 28.5 Å². The van der Waals surface area contributed by atoms with Crippen molar-refractivity contribution in [2.45, 2.75) is 0 Å². The predicted octanol–water partition coefficient (Wildman–Crippen LogP) is 11.2. The summed E-state index contributed by atoms with van der Waals surface area (Å²) in [6, 6.07) is 44.9. The van der Waals surface area contributed by atoms with Crippen LogP contribution in [0.4, 0.5) is 0 Å². The fourth-order valence-electron chi connectivity index (χ4n) is 8.68. The lowest BCUT2D eigenvalue weighted by Gasteiger charge is -2.18. The van der Waals surface area contributed by atoms with Crippen molar-refractivity contribution >= 4 is 43.6 Å². The molecular formula is C50H38N6O5. The summed E-state index contributed by atoms with van der Waals surface area (Å²) in [6.07, 6.45) is 8.15. The zero-order valence-electron chi connectivity index (χ0n) is 33.7. The Morgan fingerprint density at radius 3 is 1.23 bits per heavy atom. The Bertz CT molecular complexity index is 3370. The molecule has 0 radical (unpaired) electrons. The van der Waals surface area contributed by atoms with Crippen molar-refractivity contribution in [1.29, 1.82) is 0 Å². The minimum Gasteiger partial charge on any atom is -0.497 e. The minimum absolute atomic E-state index is 0.361. The molecule has 0 spiro atoms. The van der Waals surface area contributed by atoms with Gasteiger partial charge < -0.3 is 41.6 Å². The molecule has 5 heterocycles. The molecule has 6 aromatic carbocycles. The van der Waals surface area contributed by atoms with Crippen LogP contribution in [-0.2, 0) is 0 Å². The molecule has 0 fully saturated rings. The number of ether oxygens (including phenoxy) is 4. The maximum Gasteiger partial charge on any atom is 0.250 e. The minimum atomic E-state index is 0.361. The molecule has 0 atom stereocenters. The summed E-state index contributed by atoms with van der Waals surface area (Å²) in [4.78, 5) is 0. The van der Waals surface area contributed by atoms with Gasteiger partial charge in [0.05, 0.1) is 84.4 Å². The van der Waals surface area contributed by atoms with Gasteiger partial charge in [-0.25, -0.2) is 0 Å². The second-order valence-electron chi connectivity index (χ2n) is 14.6. The van der Waals surface area contributed by atoms with Crippen molar-refractivity contribution in [3.8, 4) is 68.7 Å². The highest BCUT2D eigenvalue weighted by molar-refractivity contribution is 6.12. The summed E-state index contributed by atoms with van der Waals surface area (Å²) in [5, 5.41) is 13.8. The number of rotatable bonds is 10. The predicted molar refractivity (Wildman–Crippen MR) is 239 cm³/mol. The second-order valence-corrected chi connectivity index (χ2v) is 14.6. The van der Waals surface area contributed by atoms with Gasteiger partial charge in [-0.3, -0.25) is 0 Å². The molecule has 11 heteroatoms. The average molecular weight is 803 g/mol. The molecule has 0 bridgehead atoms. The van der Waals surface area contributed by atoms with E-state index < -0.39 is 0 Å². The van der Waals surface area contributed by atoms with E-state index in [1.54, 1.807) is 28.4 Å². The summed E-state index contributed by atoms with van der Waals surface area (Å²) >= 11 is 0. The zero-order chi connectivity index (χ0) is 41.2. The third-order valence-electron chi connectivity index (χ3n) is 11.5. The molecule has 298 valence electrons. The van der Waals surface area contributed by atoms with Crippen molar-refractivity contribution in [3.63, 3.8) is 0 Å². The lowest BCUT2D eigenvalue weighted by atomic mass is 10.1. The van der Waals surface area contributed by atoms with E-state index in [1.165, 1.54) is 0 Å². The highest BCUT2D eigenvalue weighted by atomic mass is 16.5. The summed E-state index contributed by atoms with van der Waals surface area (Å²) in [5.41, 5.74) is 8.97. The number of methoxy groups -OCH3 is 4. The van der Waals surface area contributed by atoms with E-state index in [1.807, 2.05) is 97.6 Å². The molecule has 11 nitrogen and oxygen atoms in total. The Morgan fingerprint density at radius 1 is 0.393 bits per heavy atom. The van der Waals surface area contributed by atoms with Gasteiger partial charge in [0.1, 0.15) is 23.0 Å². The van der Waals surface area contributed by atoms with Crippen molar-refractivity contribution in [3.05, 3.63) is 158 Å². The van der Waals surface area contributed by atoms with Crippen molar-refractivity contribution in [2.24, 2.45) is 0 Å². The van der Waals surface area contributed by atoms with Crippen molar-refractivity contribution in [2.75, 3.05) is 28.4 Å². The summed E-state index contributed by atoms with van der Waals surface area (Å²) in [6.45, 7) is 0. The number of para-hydroxylation sites is 2. The lowest BCUT2D eigenvalue weighted by Crippen LogP contribution is -2.04. The maximum absolute atomic E-state index is 6.93. The topological polar surface area (TPSA) is 95.6 Å². The van der Waals surface area contributed by atoms with Gasteiger partial charge in [0.2, 0.25) is 11.8 Å². The summed E-state index contributed by atoms with van der Waals surface area (Å²) in [7, 11) is 6.74. The fourth-order valence-corrected chi connectivity index (χ4v) is 8.68. The first-order valence-electron chi connectivity index (χ1n) is 19.8. The lowest BCUT2D eigenvalue weighted by molar-refractivity contribution is 0.415. The molecule has 11 rings (SSSR count). The number of aromatic nitrogens is 6. The maximum atomic E-state index is 6.93. The van der Waals surface area contributed by atoms with Crippen LogP contribution in [0.2, 0.25) is 0 Å². The highest BCUT2D eigenvalue weighted by Crippen LogP contribution is 2.44. The molecule has 0 aliphatic rings. The molecule has 5 aromatic heterocycles. The van der Waals surface area contributed by atoms with Gasteiger partial charge in [0.25, 0.3) is 0 Å². The van der Waals surface area contributed by atoms with Gasteiger partial charge in [-0.1, -0.05) is 12.1 Å². The van der Waals surface area contributed by atoms with Crippen LogP contribution >= 0.6 is 0 Å². The normalized spacial score (nSPS) is 11.6. The smallest absolute Gasteiger partial charge is 0.250 e. The summed E-state index contributed by atoms with van der Waals surface area (Å²) in [5.74, 6) is 3.74. The Morgan fingerprint density at radius 2 is 0.787 bits per heavy atom. The van der Waals surface area contributed by atoms with Crippen LogP contribution in [0.3, 0.4) is 0 Å². The molecule has 0 N–H and O–H groups in total. The van der Waals surface area contributed by atoms with Gasteiger partial charge in [-0.2, -0.15) is 0 Å². The monoisotopic (exact) mass is 802 g/mol. The van der Waals surface area contributed by atoms with E-state index in [4.69, 9.17) is 33.6 Å². The first kappa shape index (κ1) is 35.9. The first-order valence-corrected chi connectivity index (χ1v) is 19.8. The summed E-state index contributed by atoms with van der Waals surface area (Å²) < 4.78 is 38.5. The van der Waals surface area contributed by atoms with Crippen LogP contribution in [0, 0.1) is 0 Å². The highest BCUT2D eigenvalue weighted by Gasteiger charge is 2.26. The average Bonchev–Trinajstić information content (AvgIpc) is 4.18. The Balaban J connectivity index is 1.18. The van der Waals surface area contributed by atoms with E-state index in [-0.39, 0.29) is 0 Å². The van der Waals surface area contributed by atoms with E-state index in [0.717, 1.165) is 100 Å². The third-order valence-corrected chi connectivity index (χ3v) is 11.5. The molecule has 0 saturated carbocycles. The molecule has 0 unspecified atom stereocenters. The van der Waals surface area contributed by atoms with Crippen LogP contribution in [0.1, 0.15) is 0 Å². The van der Waals surface area contributed by atoms with E-state index >= 15 is 0 Å². The van der Waals surface area contributed by atoms with Crippen LogP contribution < -0.4 is 18.9 Å². The zero-order valence-corrected chi connectivity index (χ0v) is 33.7. The Labute approximate surface area is 349 Å². The number of hydrogen-bond acceptors (Lipinski definition) is 7. The molecular weight excluding hydrogens is 765 g/mol. The number of benzene rings is 6. The number of fused-ring (bicyclic) bond motifs is 6. The van der Waals surface area contributed by atoms with Crippen LogP contribution in [0.25, 0.3) is 89.3 Å². The van der Waals surface area contributed by atoms with Gasteiger partial charge in [-0.05, 0) is 115 Å². The third kappa shape index (κ3) is 5.65. The molecule has 11 aromatic rings. The van der Waals surface area contributed by atoms with Crippen LogP contribution in [0.15, 0.2) is 163 Å². The molecule has 61 heavy (non-hydrogen) atoms. The quantitative estimate of drug-likeness (QED) is 0.136. The standard InChI is InChI=1S/C50H38N6O5/c1-57-31-16-20-41-38(27-31)35-19-15-34(60-4)30-46(35)56(41)48-37(12-10-14-45(48)54-25-7-8-26-54)50-52-51-49(61-50)36-11-9-13-44(53-23-5-6-24-53)47(36)55-42-21-17-32(58-2)28-39(42)40-29-33(59-3)18-22-43(40)55/h5-30H,1-4H3. The molecule has 0 aliphatic heterocycles. The Kier molecular flexibility index (Phi) is 8.41. The van der Waals surface area contributed by atoms with Gasteiger partial charge in [0.15, 0.2) is 0 Å². The fraction of sp³-hybridized carbons (Fsp3) is 0.0800. The van der Waals surface area contributed by atoms with Crippen molar-refractivity contribution < 1.29 is 23.4 Å². The molecule has 0 aliphatic carbocycles. The Hall–Kier alpha value is -8.18. The van der Waals surface area contributed by atoms with Gasteiger partial charge in [0, 0.05) is 52.4 Å². The van der Waals surface area contributed by atoms with E-state index in [0.29, 0.717) is 11.8 Å². The van der Waals surface area contributed by atoms with E-state index in [2.05, 4.69) is 78.9 Å². The number of hydrogen-bond donors (Lipinski definition) is 0. The van der Waals surface area contributed by atoms with E-state index in [9.17, 15) is 0 Å². The van der Waals surface area contributed by atoms with Gasteiger partial charge >= 0.3 is 0 Å². The number of nitrogens with zero attached hydrogens (tertiary/aromatic N) is 6. The largest absolute Gasteiger partial charge is 0.497 e.